The Morgan fingerprint density at radius 1 is 1.19 bits per heavy atom. The number of nitrogens with one attached hydrogen (secondary N) is 2. The highest BCUT2D eigenvalue weighted by Crippen LogP contribution is 2.46. The molecule has 0 unspecified atom stereocenters. The minimum Gasteiger partial charge on any atom is -0.495 e. The summed E-state index contributed by atoms with van der Waals surface area (Å²) in [4.78, 5) is 26.2. The fraction of sp³-hybridized carbons (Fsp3) is 0.345. The van der Waals surface area contributed by atoms with Gasteiger partial charge in [0.25, 0.3) is 0 Å². The van der Waals surface area contributed by atoms with Crippen molar-refractivity contribution in [2.24, 2.45) is 5.92 Å². The van der Waals surface area contributed by atoms with E-state index >= 15 is 0 Å². The van der Waals surface area contributed by atoms with Gasteiger partial charge >= 0.3 is 0 Å². The van der Waals surface area contributed by atoms with Crippen molar-refractivity contribution < 1.29 is 24.1 Å². The maximum atomic E-state index is 12.0. The second kappa shape index (κ2) is 13.6. The first-order chi connectivity index (χ1) is 20.8. The minimum atomic E-state index is -0.149. The van der Waals surface area contributed by atoms with Crippen LogP contribution < -0.4 is 20.1 Å². The van der Waals surface area contributed by atoms with Gasteiger partial charge in [-0.15, -0.1) is 0 Å². The lowest BCUT2D eigenvalue weighted by Gasteiger charge is -2.19. The summed E-state index contributed by atoms with van der Waals surface area (Å²) in [5.74, 6) is 1.49. The Bertz CT molecular complexity index is 1620. The molecule has 43 heavy (non-hydrogen) atoms. The number of pyridine rings is 1. The SMILES string of the molecule is C=CC(=O)C[C@H]1COC[C@H]1Nc1ncc2cc(-c3c(Cl)c(OC)cc(OC)c3Cl)nc(NCc3cnn(CCO)c3)c2n1. The summed E-state index contributed by atoms with van der Waals surface area (Å²) in [7, 11) is 3.01. The summed E-state index contributed by atoms with van der Waals surface area (Å²) in [5, 5.41) is 21.4. The van der Waals surface area contributed by atoms with Crippen LogP contribution in [-0.4, -0.2) is 75.7 Å². The molecule has 12 nitrogen and oxygen atoms in total. The standard InChI is InChI=1S/C29H31Cl2N7O5/c1-4-19(40)7-18-14-43-15-21(18)36-29-33-12-17-8-20(24-25(30)22(41-2)9-23(42-3)26(24)31)35-28(27(17)37-29)32-10-16-11-34-38(13-16)5-6-39/h4,8-9,11-13,18,21,39H,1,5-7,10,14-15H2,2-3H3,(H,32,35)(H,33,36,37)/t18-,21+/m0/s1. The van der Waals surface area contributed by atoms with Crippen LogP contribution in [-0.2, 0) is 22.6 Å². The molecule has 0 spiro atoms. The van der Waals surface area contributed by atoms with Crippen molar-refractivity contribution in [3.8, 4) is 22.8 Å². The summed E-state index contributed by atoms with van der Waals surface area (Å²) in [6.07, 6.45) is 6.87. The fourth-order valence-corrected chi connectivity index (χ4v) is 5.54. The summed E-state index contributed by atoms with van der Waals surface area (Å²) in [6.45, 7) is 5.18. The first kappa shape index (κ1) is 30.5. The number of nitrogens with zero attached hydrogens (tertiary/aromatic N) is 5. The summed E-state index contributed by atoms with van der Waals surface area (Å²) in [6, 6.07) is 3.26. The smallest absolute Gasteiger partial charge is 0.223 e. The van der Waals surface area contributed by atoms with Gasteiger partial charge in [-0.25, -0.2) is 15.0 Å². The fourth-order valence-electron chi connectivity index (χ4n) is 4.85. The van der Waals surface area contributed by atoms with Gasteiger partial charge in [0.05, 0.1) is 68.6 Å². The Labute approximate surface area is 258 Å². The molecular formula is C29H31Cl2N7O5. The lowest BCUT2D eigenvalue weighted by Crippen LogP contribution is -2.30. The van der Waals surface area contributed by atoms with Crippen LogP contribution in [0.5, 0.6) is 11.5 Å². The van der Waals surface area contributed by atoms with Gasteiger partial charge in [0.1, 0.15) is 17.0 Å². The monoisotopic (exact) mass is 627 g/mol. The van der Waals surface area contributed by atoms with E-state index < -0.39 is 0 Å². The van der Waals surface area contributed by atoms with Crippen LogP contribution in [0.3, 0.4) is 0 Å². The molecule has 0 amide bonds. The molecule has 14 heteroatoms. The van der Waals surface area contributed by atoms with E-state index in [-0.39, 0.29) is 34.4 Å². The molecule has 0 saturated carbocycles. The minimum absolute atomic E-state index is 0.0182. The van der Waals surface area contributed by atoms with E-state index in [1.807, 2.05) is 6.20 Å². The number of allylic oxidation sites excluding steroid dienone is 1. The molecule has 0 aliphatic carbocycles. The first-order valence-electron chi connectivity index (χ1n) is 13.5. The number of ether oxygens (including phenoxy) is 3. The summed E-state index contributed by atoms with van der Waals surface area (Å²) < 4.78 is 18.2. The van der Waals surface area contributed by atoms with Crippen LogP contribution in [0.15, 0.2) is 43.4 Å². The maximum absolute atomic E-state index is 12.0. The number of benzene rings is 1. The van der Waals surface area contributed by atoms with Gasteiger partial charge in [-0.05, 0) is 12.1 Å². The average molecular weight is 629 g/mol. The Hall–Kier alpha value is -3.97. The van der Waals surface area contributed by atoms with E-state index in [9.17, 15) is 9.90 Å². The zero-order chi connectivity index (χ0) is 30.5. The third kappa shape index (κ3) is 6.67. The van der Waals surface area contributed by atoms with Crippen molar-refractivity contribution in [1.82, 2.24) is 24.7 Å². The van der Waals surface area contributed by atoms with Gasteiger partial charge in [0.15, 0.2) is 11.6 Å². The third-order valence-corrected chi connectivity index (χ3v) is 7.83. The lowest BCUT2D eigenvalue weighted by atomic mass is 9.97. The zero-order valence-electron chi connectivity index (χ0n) is 23.6. The highest BCUT2D eigenvalue weighted by Gasteiger charge is 2.30. The van der Waals surface area contributed by atoms with Crippen molar-refractivity contribution >= 4 is 51.7 Å². The van der Waals surface area contributed by atoms with E-state index in [1.165, 1.54) is 20.3 Å². The van der Waals surface area contributed by atoms with Crippen molar-refractivity contribution in [3.05, 3.63) is 59.0 Å². The van der Waals surface area contributed by atoms with Crippen molar-refractivity contribution in [2.75, 3.05) is 44.7 Å². The second-order valence-corrected chi connectivity index (χ2v) is 10.6. The Morgan fingerprint density at radius 2 is 1.95 bits per heavy atom. The van der Waals surface area contributed by atoms with Crippen LogP contribution in [0.1, 0.15) is 12.0 Å². The molecule has 5 rings (SSSR count). The Kier molecular flexibility index (Phi) is 9.61. The maximum Gasteiger partial charge on any atom is 0.223 e. The van der Waals surface area contributed by atoms with Crippen molar-refractivity contribution in [2.45, 2.75) is 25.6 Å². The number of aromatic nitrogens is 5. The quantitative estimate of drug-likeness (QED) is 0.181. The highest BCUT2D eigenvalue weighted by atomic mass is 35.5. The van der Waals surface area contributed by atoms with E-state index in [0.717, 1.165) is 5.56 Å². The second-order valence-electron chi connectivity index (χ2n) is 9.88. The van der Waals surface area contributed by atoms with Crippen molar-refractivity contribution in [1.29, 1.82) is 0 Å². The molecule has 1 aliphatic heterocycles. The lowest BCUT2D eigenvalue weighted by molar-refractivity contribution is -0.115. The number of rotatable bonds is 13. The molecule has 3 aromatic heterocycles. The molecular weight excluding hydrogens is 597 g/mol. The van der Waals surface area contributed by atoms with Gasteiger partial charge in [-0.1, -0.05) is 29.8 Å². The predicted molar refractivity (Wildman–Crippen MR) is 164 cm³/mol. The molecule has 0 bridgehead atoms. The molecule has 1 fully saturated rings. The van der Waals surface area contributed by atoms with Gasteiger partial charge in [-0.3, -0.25) is 9.48 Å². The van der Waals surface area contributed by atoms with Gasteiger partial charge in [0.2, 0.25) is 5.95 Å². The molecule has 4 heterocycles. The normalized spacial score (nSPS) is 16.3. The summed E-state index contributed by atoms with van der Waals surface area (Å²) >= 11 is 13.5. The number of hydrogen-bond donors (Lipinski definition) is 3. The molecule has 1 saturated heterocycles. The van der Waals surface area contributed by atoms with Crippen LogP contribution in [0.2, 0.25) is 10.0 Å². The number of methoxy groups -OCH3 is 2. The number of aliphatic hydroxyl groups is 1. The number of ketones is 1. The zero-order valence-corrected chi connectivity index (χ0v) is 25.2. The molecule has 1 aromatic carbocycles. The van der Waals surface area contributed by atoms with Crippen LogP contribution >= 0.6 is 23.2 Å². The molecule has 226 valence electrons. The van der Waals surface area contributed by atoms with Crippen LogP contribution in [0.25, 0.3) is 22.2 Å². The van der Waals surface area contributed by atoms with E-state index in [2.05, 4.69) is 27.3 Å². The molecule has 4 aromatic rings. The van der Waals surface area contributed by atoms with Gasteiger partial charge in [0, 0.05) is 53.9 Å². The van der Waals surface area contributed by atoms with Crippen LogP contribution in [0.4, 0.5) is 11.8 Å². The molecule has 3 N–H and O–H groups in total. The predicted octanol–water partition coefficient (Wildman–Crippen LogP) is 4.39. The molecule has 0 radical (unpaired) electrons. The van der Waals surface area contributed by atoms with E-state index in [4.69, 9.17) is 47.4 Å². The topological polar surface area (TPSA) is 146 Å². The van der Waals surface area contributed by atoms with E-state index in [0.29, 0.717) is 78.1 Å². The Balaban J connectivity index is 1.55. The van der Waals surface area contributed by atoms with Gasteiger partial charge < -0.3 is 30.0 Å². The third-order valence-electron chi connectivity index (χ3n) is 7.08. The number of halogens is 2. The number of hydrogen-bond acceptors (Lipinski definition) is 11. The number of carbonyl (C=O) groups excluding carboxylic acids is 1. The van der Waals surface area contributed by atoms with Crippen LogP contribution in [0, 0.1) is 5.92 Å². The van der Waals surface area contributed by atoms with Gasteiger partial charge in [-0.2, -0.15) is 5.10 Å². The number of fused-ring (bicyclic) bond motifs is 1. The number of anilines is 2. The number of carbonyl (C=O) groups is 1. The number of aliphatic hydroxyl groups excluding tert-OH is 1. The van der Waals surface area contributed by atoms with E-state index in [1.54, 1.807) is 29.2 Å². The molecule has 2 atom stereocenters. The molecule has 1 aliphatic rings. The van der Waals surface area contributed by atoms with Crippen molar-refractivity contribution in [3.63, 3.8) is 0 Å². The largest absolute Gasteiger partial charge is 0.495 e. The first-order valence-corrected chi connectivity index (χ1v) is 14.2. The highest BCUT2D eigenvalue weighted by molar-refractivity contribution is 6.41. The average Bonchev–Trinajstić information content (AvgIpc) is 3.65. The Morgan fingerprint density at radius 3 is 2.65 bits per heavy atom. The summed E-state index contributed by atoms with van der Waals surface area (Å²) in [5.41, 5.74) is 2.30.